The molecule has 1 aromatic heterocycles. The number of anilines is 1. The minimum Gasteiger partial charge on any atom is -0.365 e. The van der Waals surface area contributed by atoms with Crippen LogP contribution in [0.15, 0.2) is 60.7 Å². The van der Waals surface area contributed by atoms with Gasteiger partial charge in [-0.15, -0.1) is 0 Å². The van der Waals surface area contributed by atoms with Crippen molar-refractivity contribution in [3.8, 4) is 0 Å². The maximum absolute atomic E-state index is 13.4. The van der Waals surface area contributed by atoms with E-state index in [1.54, 1.807) is 0 Å². The fourth-order valence-corrected chi connectivity index (χ4v) is 7.41. The molecule has 36 heavy (non-hydrogen) atoms. The maximum atomic E-state index is 13.4. The summed E-state index contributed by atoms with van der Waals surface area (Å²) in [5, 5.41) is 4.72. The molecule has 1 atom stereocenters. The van der Waals surface area contributed by atoms with Gasteiger partial charge in [0.25, 0.3) is 0 Å². The van der Waals surface area contributed by atoms with E-state index in [2.05, 4.69) is 29.2 Å². The Hall–Kier alpha value is -3.13. The third-order valence-corrected chi connectivity index (χ3v) is 9.32. The monoisotopic (exact) mass is 506 g/mol. The van der Waals surface area contributed by atoms with E-state index in [0.717, 1.165) is 41.3 Å². The first kappa shape index (κ1) is 24.6. The molecular formula is C28H34N4O3S. The van der Waals surface area contributed by atoms with Crippen molar-refractivity contribution < 1.29 is 13.2 Å². The normalized spacial score (nSPS) is 19.7. The van der Waals surface area contributed by atoms with Gasteiger partial charge in [0.1, 0.15) is 0 Å². The maximum Gasteiger partial charge on any atom is 0.223 e. The minimum absolute atomic E-state index is 0.0309. The van der Waals surface area contributed by atoms with Gasteiger partial charge < -0.3 is 9.80 Å². The molecule has 0 saturated carbocycles. The summed E-state index contributed by atoms with van der Waals surface area (Å²) in [4.78, 5) is 17.7. The van der Waals surface area contributed by atoms with E-state index in [0.29, 0.717) is 25.9 Å². The lowest BCUT2D eigenvalue weighted by molar-refractivity contribution is -0.131. The Morgan fingerprint density at radius 2 is 1.53 bits per heavy atom. The Morgan fingerprint density at radius 3 is 2.06 bits per heavy atom. The van der Waals surface area contributed by atoms with E-state index >= 15 is 0 Å². The predicted molar refractivity (Wildman–Crippen MR) is 142 cm³/mol. The Kier molecular flexibility index (Phi) is 6.88. The summed E-state index contributed by atoms with van der Waals surface area (Å²) in [5.74, 6) is 0.607. The molecule has 1 amide bonds. The van der Waals surface area contributed by atoms with Crippen LogP contribution in [0.3, 0.4) is 0 Å². The van der Waals surface area contributed by atoms with Gasteiger partial charge >= 0.3 is 0 Å². The number of piperazine rings is 1. The average Bonchev–Trinajstić information content (AvgIpc) is 3.40. The molecule has 2 aromatic carbocycles. The number of hydrogen-bond donors (Lipinski definition) is 0. The van der Waals surface area contributed by atoms with Crippen molar-refractivity contribution in [2.75, 3.05) is 42.6 Å². The Balaban J connectivity index is 1.26. The molecule has 2 fully saturated rings. The number of amides is 1. The molecule has 2 aliphatic rings. The highest BCUT2D eigenvalue weighted by molar-refractivity contribution is 7.91. The van der Waals surface area contributed by atoms with Crippen molar-refractivity contribution in [2.24, 2.45) is 0 Å². The van der Waals surface area contributed by atoms with Crippen molar-refractivity contribution in [1.29, 1.82) is 0 Å². The summed E-state index contributed by atoms with van der Waals surface area (Å²) < 4.78 is 25.9. The first-order valence-corrected chi connectivity index (χ1v) is 14.5. The van der Waals surface area contributed by atoms with Crippen molar-refractivity contribution in [3.05, 3.63) is 83.2 Å². The van der Waals surface area contributed by atoms with Crippen LogP contribution in [-0.2, 0) is 14.6 Å². The lowest BCUT2D eigenvalue weighted by Crippen LogP contribution is -2.49. The number of aryl methyl sites for hydroxylation is 1. The minimum atomic E-state index is -2.97. The lowest BCUT2D eigenvalue weighted by Gasteiger charge is -2.37. The summed E-state index contributed by atoms with van der Waals surface area (Å²) in [5.41, 5.74) is 5.33. The molecular weight excluding hydrogens is 472 g/mol. The third-order valence-electron chi connectivity index (χ3n) is 7.57. The molecule has 3 heterocycles. The summed E-state index contributed by atoms with van der Waals surface area (Å²) >= 11 is 0. The van der Waals surface area contributed by atoms with Crippen LogP contribution in [0.2, 0.25) is 0 Å². The predicted octanol–water partition coefficient (Wildman–Crippen LogP) is 3.73. The number of carbonyl (C=O) groups excluding carboxylic acids is 1. The van der Waals surface area contributed by atoms with Crippen molar-refractivity contribution in [1.82, 2.24) is 14.7 Å². The fourth-order valence-electron chi connectivity index (χ4n) is 5.72. The number of carbonyl (C=O) groups is 1. The zero-order valence-corrected chi connectivity index (χ0v) is 21.8. The summed E-state index contributed by atoms with van der Waals surface area (Å²) in [6, 6.07) is 20.4. The molecule has 7 nitrogen and oxygen atoms in total. The van der Waals surface area contributed by atoms with Gasteiger partial charge in [0.15, 0.2) is 9.84 Å². The van der Waals surface area contributed by atoms with E-state index in [4.69, 9.17) is 5.10 Å². The fraction of sp³-hybridized carbons (Fsp3) is 0.429. The van der Waals surface area contributed by atoms with Crippen LogP contribution in [0.4, 0.5) is 5.69 Å². The standard InChI is InChI=1S/C28H34N4O3S/c1-21-28(22(2)32(29-21)25-13-18-36(34,35)20-25)31-16-14-30(15-17-31)27(33)19-26(23-9-5-3-6-10-23)24-11-7-4-8-12-24/h3-12,25-26H,13-20H2,1-2H3. The van der Waals surface area contributed by atoms with Crippen molar-refractivity contribution >= 4 is 21.4 Å². The average molecular weight is 507 g/mol. The Morgan fingerprint density at radius 1 is 0.944 bits per heavy atom. The number of aromatic nitrogens is 2. The zero-order valence-electron chi connectivity index (χ0n) is 21.0. The van der Waals surface area contributed by atoms with Gasteiger partial charge in [0, 0.05) is 38.5 Å². The topological polar surface area (TPSA) is 75.5 Å². The second-order valence-electron chi connectivity index (χ2n) is 9.97. The summed E-state index contributed by atoms with van der Waals surface area (Å²) in [6.45, 7) is 6.83. The van der Waals surface area contributed by atoms with Crippen LogP contribution in [-0.4, -0.2) is 66.7 Å². The van der Waals surface area contributed by atoms with Crippen molar-refractivity contribution in [2.45, 2.75) is 38.6 Å². The largest absolute Gasteiger partial charge is 0.365 e. The molecule has 5 rings (SSSR count). The van der Waals surface area contributed by atoms with E-state index < -0.39 is 9.84 Å². The van der Waals surface area contributed by atoms with E-state index in [9.17, 15) is 13.2 Å². The summed E-state index contributed by atoms with van der Waals surface area (Å²) in [6.07, 6.45) is 1.07. The first-order chi connectivity index (χ1) is 17.3. The number of nitrogens with zero attached hydrogens (tertiary/aromatic N) is 4. The molecule has 2 saturated heterocycles. The van der Waals surface area contributed by atoms with E-state index in [-0.39, 0.29) is 29.4 Å². The van der Waals surface area contributed by atoms with Gasteiger partial charge in [0.05, 0.1) is 34.6 Å². The van der Waals surface area contributed by atoms with Crippen LogP contribution < -0.4 is 4.90 Å². The van der Waals surface area contributed by atoms with Crippen LogP contribution in [0.1, 0.15) is 47.3 Å². The van der Waals surface area contributed by atoms with Crippen LogP contribution in [0.5, 0.6) is 0 Å². The molecule has 0 radical (unpaired) electrons. The quantitative estimate of drug-likeness (QED) is 0.509. The second kappa shape index (κ2) is 10.1. The smallest absolute Gasteiger partial charge is 0.223 e. The SMILES string of the molecule is Cc1nn(C2CCS(=O)(=O)C2)c(C)c1N1CCN(C(=O)CC(c2ccccc2)c2ccccc2)CC1. The molecule has 3 aromatic rings. The number of rotatable bonds is 6. The molecule has 0 N–H and O–H groups in total. The Bertz CT molecular complexity index is 1270. The van der Waals surface area contributed by atoms with E-state index in [1.807, 2.05) is 59.8 Å². The third kappa shape index (κ3) is 5.05. The van der Waals surface area contributed by atoms with Crippen LogP contribution in [0.25, 0.3) is 0 Å². The zero-order chi connectivity index (χ0) is 25.3. The molecule has 2 aliphatic heterocycles. The van der Waals surface area contributed by atoms with Crippen LogP contribution in [0, 0.1) is 13.8 Å². The molecule has 190 valence electrons. The molecule has 0 bridgehead atoms. The van der Waals surface area contributed by atoms with E-state index in [1.165, 1.54) is 0 Å². The molecule has 1 unspecified atom stereocenters. The van der Waals surface area contributed by atoms with Gasteiger partial charge in [-0.05, 0) is 31.4 Å². The Labute approximate surface area is 213 Å². The highest BCUT2D eigenvalue weighted by atomic mass is 32.2. The highest BCUT2D eigenvalue weighted by Gasteiger charge is 2.33. The molecule has 0 aliphatic carbocycles. The van der Waals surface area contributed by atoms with Gasteiger partial charge in [-0.3, -0.25) is 9.48 Å². The van der Waals surface area contributed by atoms with Gasteiger partial charge in [-0.1, -0.05) is 60.7 Å². The lowest BCUT2D eigenvalue weighted by atomic mass is 9.88. The van der Waals surface area contributed by atoms with Gasteiger partial charge in [-0.25, -0.2) is 8.42 Å². The number of benzene rings is 2. The van der Waals surface area contributed by atoms with Gasteiger partial charge in [-0.2, -0.15) is 5.10 Å². The number of hydrogen-bond acceptors (Lipinski definition) is 5. The highest BCUT2D eigenvalue weighted by Crippen LogP contribution is 2.32. The number of sulfone groups is 1. The molecule has 8 heteroatoms. The molecule has 0 spiro atoms. The van der Waals surface area contributed by atoms with Gasteiger partial charge in [0.2, 0.25) is 5.91 Å². The summed E-state index contributed by atoms with van der Waals surface area (Å²) in [7, 11) is -2.97. The first-order valence-electron chi connectivity index (χ1n) is 12.7. The van der Waals surface area contributed by atoms with Crippen molar-refractivity contribution in [3.63, 3.8) is 0 Å². The van der Waals surface area contributed by atoms with Crippen LogP contribution >= 0.6 is 0 Å². The second-order valence-corrected chi connectivity index (χ2v) is 12.2.